The fourth-order valence-corrected chi connectivity index (χ4v) is 10.6. The summed E-state index contributed by atoms with van der Waals surface area (Å²) in [7, 11) is 0. The second-order valence-electron chi connectivity index (χ2n) is 21.1. The number of ether oxygens (including phenoxy) is 2. The number of aldehydes is 1. The van der Waals surface area contributed by atoms with Crippen LogP contribution in [0.25, 0.3) is 0 Å². The average molecular weight is 842 g/mol. The van der Waals surface area contributed by atoms with Crippen LogP contribution < -0.4 is 9.80 Å². The highest BCUT2D eigenvalue weighted by atomic mass is 16.6. The van der Waals surface area contributed by atoms with E-state index < -0.39 is 5.60 Å². The van der Waals surface area contributed by atoms with Gasteiger partial charge >= 0.3 is 12.2 Å². The topological polar surface area (TPSA) is 85.9 Å². The van der Waals surface area contributed by atoms with Gasteiger partial charge in [-0.25, -0.2) is 9.59 Å². The van der Waals surface area contributed by atoms with Crippen LogP contribution in [0.1, 0.15) is 158 Å². The zero-order chi connectivity index (χ0) is 43.8. The van der Waals surface area contributed by atoms with Crippen molar-refractivity contribution in [2.45, 2.75) is 169 Å². The third-order valence-electron chi connectivity index (χ3n) is 14.0. The van der Waals surface area contributed by atoms with E-state index in [2.05, 4.69) is 52.8 Å². The van der Waals surface area contributed by atoms with Gasteiger partial charge in [0.25, 0.3) is 0 Å². The Balaban J connectivity index is 0.000000169. The third kappa shape index (κ3) is 12.7. The van der Waals surface area contributed by atoms with E-state index in [9.17, 15) is 14.4 Å². The Kier molecular flexibility index (Phi) is 15.4. The number of carbonyl (C=O) groups excluding carboxylic acids is 3. The molecule has 10 nitrogen and oxygen atoms in total. The molecule has 2 aromatic rings. The summed E-state index contributed by atoms with van der Waals surface area (Å²) in [5.74, 6) is 0. The Morgan fingerprint density at radius 3 is 1.56 bits per heavy atom. The molecule has 338 valence electrons. The molecule has 0 atom stereocenters. The Hall–Kier alpha value is -3.79. The molecule has 8 rings (SSSR count). The molecule has 61 heavy (non-hydrogen) atoms. The quantitative estimate of drug-likeness (QED) is 0.275. The number of benzene rings is 2. The van der Waals surface area contributed by atoms with Crippen molar-refractivity contribution in [2.75, 3.05) is 68.7 Å². The van der Waals surface area contributed by atoms with Gasteiger partial charge in [0.05, 0.1) is 0 Å². The summed E-state index contributed by atoms with van der Waals surface area (Å²) in [5, 5.41) is 0. The maximum Gasteiger partial charge on any atom is 0.410 e. The number of hydrogen-bond acceptors (Lipinski definition) is 8. The Labute approximate surface area is 368 Å². The van der Waals surface area contributed by atoms with Crippen molar-refractivity contribution in [1.29, 1.82) is 0 Å². The van der Waals surface area contributed by atoms with Crippen LogP contribution in [0.2, 0.25) is 0 Å². The van der Waals surface area contributed by atoms with Gasteiger partial charge in [0.1, 0.15) is 11.2 Å². The van der Waals surface area contributed by atoms with Crippen LogP contribution in [-0.4, -0.2) is 109 Å². The van der Waals surface area contributed by atoms with Crippen molar-refractivity contribution in [3.63, 3.8) is 0 Å². The van der Waals surface area contributed by atoms with E-state index in [1.165, 1.54) is 119 Å². The molecule has 0 bridgehead atoms. The van der Waals surface area contributed by atoms with Crippen LogP contribution in [0.5, 0.6) is 0 Å². The minimum absolute atomic E-state index is 0.134. The molecule has 0 unspecified atom stereocenters. The number of piperidine rings is 2. The summed E-state index contributed by atoms with van der Waals surface area (Å²) in [6.07, 6.45) is 18.2. The molecular formula is C51H79N5O5. The third-order valence-corrected chi connectivity index (χ3v) is 14.0. The van der Waals surface area contributed by atoms with Crippen molar-refractivity contribution in [2.24, 2.45) is 5.41 Å². The number of rotatable bonds is 5. The van der Waals surface area contributed by atoms with Gasteiger partial charge in [-0.15, -0.1) is 0 Å². The Morgan fingerprint density at radius 2 is 1.05 bits per heavy atom. The lowest BCUT2D eigenvalue weighted by Gasteiger charge is -2.45. The fraction of sp³-hybridized carbons (Fsp3) is 0.706. The molecule has 0 radical (unpaired) electrons. The van der Waals surface area contributed by atoms with E-state index in [1.54, 1.807) is 0 Å². The maximum absolute atomic E-state index is 12.5. The number of carbonyl (C=O) groups is 3. The molecule has 2 amide bonds. The first-order chi connectivity index (χ1) is 29.0. The molecule has 5 aliphatic heterocycles. The van der Waals surface area contributed by atoms with Crippen molar-refractivity contribution < 1.29 is 23.9 Å². The van der Waals surface area contributed by atoms with E-state index in [-0.39, 0.29) is 23.3 Å². The molecule has 1 aliphatic carbocycles. The van der Waals surface area contributed by atoms with Crippen LogP contribution in [0, 0.1) is 19.3 Å². The van der Waals surface area contributed by atoms with Crippen molar-refractivity contribution in [3.05, 3.63) is 58.7 Å². The van der Waals surface area contributed by atoms with Crippen LogP contribution in [0.15, 0.2) is 36.4 Å². The highest BCUT2D eigenvalue weighted by Gasteiger charge is 2.44. The lowest BCUT2D eigenvalue weighted by molar-refractivity contribution is 0.00155. The normalized spacial score (nSPS) is 21.2. The van der Waals surface area contributed by atoms with Crippen LogP contribution >= 0.6 is 0 Å². The molecular weight excluding hydrogens is 763 g/mol. The Morgan fingerprint density at radius 1 is 0.574 bits per heavy atom. The van der Waals surface area contributed by atoms with E-state index in [1.807, 2.05) is 63.5 Å². The van der Waals surface area contributed by atoms with Crippen molar-refractivity contribution in [1.82, 2.24) is 14.7 Å². The van der Waals surface area contributed by atoms with Crippen LogP contribution in [-0.2, 0) is 16.0 Å². The number of amides is 2. The van der Waals surface area contributed by atoms with Gasteiger partial charge in [0.2, 0.25) is 0 Å². The summed E-state index contributed by atoms with van der Waals surface area (Å²) in [4.78, 5) is 46.7. The maximum atomic E-state index is 12.5. The first-order valence-electron chi connectivity index (χ1n) is 23.8. The SMILES string of the molecule is CC(C)(C)OC(=O)N1CCC2(CCCC2)CC1.Cc1ccc(C=O)c(N2CCCC2)c1.Cc1ccc(CN2CCCC23CCN(C(=O)OC(C)(C)C)CC3)c(N2CCCC2)c1. The minimum atomic E-state index is -0.428. The number of nitrogens with zero attached hydrogens (tertiary/aromatic N) is 5. The smallest absolute Gasteiger partial charge is 0.410 e. The fourth-order valence-electron chi connectivity index (χ4n) is 10.6. The standard InChI is InChI=1S/C25H39N3O2.C14H25NO2.C12H15NO/c1-20-8-9-21(22(18-20)26-13-5-6-14-26)19-28-15-7-10-25(28)11-16-27(17-12-25)23(29)30-24(2,3)4;1-13(2,3)17-12(16)15-10-8-14(9-11-15)6-4-5-7-14;1-10-4-5-11(9-14)12(8-10)13-6-2-3-7-13/h8-9,18H,5-7,10-17,19H2,1-4H3;4-11H2,1-3H3;4-5,8-9H,2-3,6-7H2,1H3. The van der Waals surface area contributed by atoms with Gasteiger partial charge in [-0.05, 0) is 179 Å². The summed E-state index contributed by atoms with van der Waals surface area (Å²) < 4.78 is 11.0. The second-order valence-corrected chi connectivity index (χ2v) is 21.1. The molecule has 5 saturated heterocycles. The van der Waals surface area contributed by atoms with Gasteiger partial charge < -0.3 is 29.1 Å². The molecule has 0 aromatic heterocycles. The second kappa shape index (κ2) is 20.2. The molecule has 5 heterocycles. The minimum Gasteiger partial charge on any atom is -0.444 e. The lowest BCUT2D eigenvalue weighted by atomic mass is 9.77. The average Bonchev–Trinajstić information content (AvgIpc) is 4.06. The first kappa shape index (κ1) is 46.7. The van der Waals surface area contributed by atoms with Crippen LogP contribution in [0.4, 0.5) is 21.0 Å². The largest absolute Gasteiger partial charge is 0.444 e. The highest BCUT2D eigenvalue weighted by Crippen LogP contribution is 2.46. The zero-order valence-corrected chi connectivity index (χ0v) is 39.3. The molecule has 1 saturated carbocycles. The van der Waals surface area contributed by atoms with E-state index in [4.69, 9.17) is 9.47 Å². The summed E-state index contributed by atoms with van der Waals surface area (Å²) in [5.41, 5.74) is 7.42. The van der Waals surface area contributed by atoms with E-state index >= 15 is 0 Å². The predicted molar refractivity (Wildman–Crippen MR) is 248 cm³/mol. The summed E-state index contributed by atoms with van der Waals surface area (Å²) in [6.45, 7) is 26.0. The first-order valence-corrected chi connectivity index (χ1v) is 23.8. The molecule has 6 fully saturated rings. The number of hydrogen-bond donors (Lipinski definition) is 0. The monoisotopic (exact) mass is 842 g/mol. The molecule has 2 spiro atoms. The van der Waals surface area contributed by atoms with Crippen molar-refractivity contribution in [3.8, 4) is 0 Å². The van der Waals surface area contributed by atoms with Gasteiger partial charge in [-0.1, -0.05) is 31.0 Å². The van der Waals surface area contributed by atoms with E-state index in [0.29, 0.717) is 5.41 Å². The molecule has 6 aliphatic rings. The number of aryl methyl sites for hydroxylation is 2. The summed E-state index contributed by atoms with van der Waals surface area (Å²) >= 11 is 0. The zero-order valence-electron chi connectivity index (χ0n) is 39.3. The van der Waals surface area contributed by atoms with Gasteiger partial charge in [0.15, 0.2) is 6.29 Å². The number of anilines is 2. The highest BCUT2D eigenvalue weighted by molar-refractivity contribution is 5.85. The van der Waals surface area contributed by atoms with Gasteiger partial charge in [-0.3, -0.25) is 9.69 Å². The van der Waals surface area contributed by atoms with Crippen LogP contribution in [0.3, 0.4) is 0 Å². The summed E-state index contributed by atoms with van der Waals surface area (Å²) in [6, 6.07) is 13.0. The van der Waals surface area contributed by atoms with Gasteiger partial charge in [0, 0.05) is 81.4 Å². The molecule has 2 aromatic carbocycles. The Bertz CT molecular complexity index is 1760. The van der Waals surface area contributed by atoms with E-state index in [0.717, 1.165) is 76.2 Å². The molecule has 0 N–H and O–H groups in total. The predicted octanol–water partition coefficient (Wildman–Crippen LogP) is 10.9. The number of likely N-dealkylation sites (tertiary alicyclic amines) is 3. The molecule has 10 heteroatoms. The lowest BCUT2D eigenvalue weighted by Crippen LogP contribution is -2.53. The van der Waals surface area contributed by atoms with Crippen molar-refractivity contribution >= 4 is 29.8 Å². The van der Waals surface area contributed by atoms with Gasteiger partial charge in [-0.2, -0.15) is 0 Å².